The third-order valence-corrected chi connectivity index (χ3v) is 3.12. The number of nitrogens with zero attached hydrogens (tertiary/aromatic N) is 1. The first-order chi connectivity index (χ1) is 12.0. The largest absolute Gasteiger partial charge is 0.619 e. The van der Waals surface area contributed by atoms with Crippen molar-refractivity contribution in [3.05, 3.63) is 65.1 Å². The van der Waals surface area contributed by atoms with Crippen LogP contribution in [0.5, 0.6) is 0 Å². The molecule has 130 valence electrons. The maximum Gasteiger partial charge on any atom is 0.339 e. The molecule has 2 rings (SSSR count). The molecule has 0 aliphatic rings. The zero-order valence-electron chi connectivity index (χ0n) is 13.5. The van der Waals surface area contributed by atoms with E-state index in [4.69, 9.17) is 4.74 Å². The average Bonchev–Trinajstić information content (AvgIpc) is 2.61. The number of esters is 1. The van der Waals surface area contributed by atoms with E-state index in [1.54, 1.807) is 25.1 Å². The van der Waals surface area contributed by atoms with Crippen molar-refractivity contribution in [1.82, 2.24) is 5.32 Å². The van der Waals surface area contributed by atoms with E-state index in [9.17, 15) is 19.6 Å². The summed E-state index contributed by atoms with van der Waals surface area (Å²) in [6, 6.07) is 8.99. The molecular weight excluding hydrogens is 326 g/mol. The van der Waals surface area contributed by atoms with Crippen LogP contribution in [-0.2, 0) is 9.53 Å². The van der Waals surface area contributed by atoms with Gasteiger partial charge < -0.3 is 20.6 Å². The second-order valence-electron chi connectivity index (χ2n) is 5.01. The number of benzene rings is 1. The maximum absolute atomic E-state index is 11.9. The lowest BCUT2D eigenvalue weighted by Crippen LogP contribution is -2.25. The normalized spacial score (nSPS) is 9.96. The van der Waals surface area contributed by atoms with Crippen molar-refractivity contribution in [3.8, 4) is 0 Å². The molecule has 0 aliphatic heterocycles. The molecule has 1 aromatic heterocycles. The van der Waals surface area contributed by atoms with Crippen molar-refractivity contribution >= 4 is 23.5 Å². The number of amides is 2. The predicted octanol–water partition coefficient (Wildman–Crippen LogP) is 0.865. The van der Waals surface area contributed by atoms with E-state index >= 15 is 0 Å². The molecule has 8 nitrogen and oxygen atoms in total. The Balaban J connectivity index is 1.90. The van der Waals surface area contributed by atoms with Gasteiger partial charge in [0.15, 0.2) is 19.0 Å². The van der Waals surface area contributed by atoms with E-state index in [1.165, 1.54) is 18.2 Å². The van der Waals surface area contributed by atoms with Crippen LogP contribution in [0.1, 0.15) is 27.6 Å². The van der Waals surface area contributed by atoms with Crippen LogP contribution in [0.15, 0.2) is 48.8 Å². The first-order valence-electron chi connectivity index (χ1n) is 7.53. The van der Waals surface area contributed by atoms with Crippen molar-refractivity contribution in [2.45, 2.75) is 6.92 Å². The fourth-order valence-electron chi connectivity index (χ4n) is 1.96. The van der Waals surface area contributed by atoms with Crippen LogP contribution in [0.25, 0.3) is 0 Å². The van der Waals surface area contributed by atoms with E-state index in [-0.39, 0.29) is 11.5 Å². The molecule has 0 spiro atoms. The lowest BCUT2D eigenvalue weighted by atomic mass is 10.2. The summed E-state index contributed by atoms with van der Waals surface area (Å²) in [4.78, 5) is 35.4. The molecule has 25 heavy (non-hydrogen) atoms. The van der Waals surface area contributed by atoms with Crippen molar-refractivity contribution in [2.75, 3.05) is 18.5 Å². The minimum absolute atomic E-state index is 0.165. The summed E-state index contributed by atoms with van der Waals surface area (Å²) in [5.74, 6) is -1.51. The SMILES string of the molecule is CCNC(=O)c1cccc(NC(=O)COC(=O)c2cc[n+]([O-])cc2)c1. The molecule has 0 saturated carbocycles. The maximum atomic E-state index is 11.9. The Hall–Kier alpha value is -3.42. The average molecular weight is 343 g/mol. The van der Waals surface area contributed by atoms with Crippen LogP contribution in [-0.4, -0.2) is 30.9 Å². The number of ether oxygens (including phenoxy) is 1. The van der Waals surface area contributed by atoms with Gasteiger partial charge in [0.25, 0.3) is 11.8 Å². The highest BCUT2D eigenvalue weighted by molar-refractivity contribution is 5.98. The Labute approximate surface area is 144 Å². The summed E-state index contributed by atoms with van der Waals surface area (Å²) in [7, 11) is 0. The smallest absolute Gasteiger partial charge is 0.339 e. The highest BCUT2D eigenvalue weighted by Gasteiger charge is 2.12. The highest BCUT2D eigenvalue weighted by Crippen LogP contribution is 2.10. The quantitative estimate of drug-likeness (QED) is 0.459. The van der Waals surface area contributed by atoms with Gasteiger partial charge in [-0.25, -0.2) is 4.79 Å². The minimum Gasteiger partial charge on any atom is -0.619 e. The lowest BCUT2D eigenvalue weighted by molar-refractivity contribution is -0.605. The van der Waals surface area contributed by atoms with Gasteiger partial charge >= 0.3 is 5.97 Å². The molecule has 1 aromatic carbocycles. The second kappa shape index (κ2) is 8.44. The van der Waals surface area contributed by atoms with Crippen molar-refractivity contribution < 1.29 is 23.9 Å². The number of pyridine rings is 1. The van der Waals surface area contributed by atoms with Crippen molar-refractivity contribution in [1.29, 1.82) is 0 Å². The number of carbonyl (C=O) groups excluding carboxylic acids is 3. The van der Waals surface area contributed by atoms with Crippen LogP contribution >= 0.6 is 0 Å². The number of anilines is 1. The summed E-state index contributed by atoms with van der Waals surface area (Å²) in [5.41, 5.74) is 0.988. The molecule has 1 heterocycles. The Morgan fingerprint density at radius 3 is 2.52 bits per heavy atom. The Bertz CT molecular complexity index is 774. The number of nitrogens with one attached hydrogen (secondary N) is 2. The fraction of sp³-hybridized carbons (Fsp3) is 0.176. The van der Waals surface area contributed by atoms with Gasteiger partial charge in [0.05, 0.1) is 5.56 Å². The summed E-state index contributed by atoms with van der Waals surface area (Å²) >= 11 is 0. The van der Waals surface area contributed by atoms with Gasteiger partial charge in [0.2, 0.25) is 0 Å². The summed E-state index contributed by atoms with van der Waals surface area (Å²) in [5, 5.41) is 16.1. The lowest BCUT2D eigenvalue weighted by Gasteiger charge is -2.08. The Morgan fingerprint density at radius 2 is 1.84 bits per heavy atom. The number of aromatic nitrogens is 1. The first kappa shape index (κ1) is 17.9. The predicted molar refractivity (Wildman–Crippen MR) is 88.8 cm³/mol. The molecule has 0 atom stereocenters. The minimum atomic E-state index is -0.716. The van der Waals surface area contributed by atoms with Crippen LogP contribution in [0.3, 0.4) is 0 Å². The first-order valence-corrected chi connectivity index (χ1v) is 7.53. The number of hydrogen-bond donors (Lipinski definition) is 2. The van der Waals surface area contributed by atoms with Crippen LogP contribution < -0.4 is 15.4 Å². The van der Waals surface area contributed by atoms with Gasteiger partial charge in [0, 0.05) is 29.9 Å². The van der Waals surface area contributed by atoms with E-state index in [2.05, 4.69) is 10.6 Å². The van der Waals surface area contributed by atoms with Gasteiger partial charge in [-0.1, -0.05) is 6.07 Å². The summed E-state index contributed by atoms with van der Waals surface area (Å²) in [6.07, 6.45) is 2.31. The van der Waals surface area contributed by atoms with Crippen LogP contribution in [0.2, 0.25) is 0 Å². The molecule has 2 N–H and O–H groups in total. The molecule has 2 aromatic rings. The molecular formula is C17H17N3O5. The van der Waals surface area contributed by atoms with E-state index in [0.717, 1.165) is 12.4 Å². The van der Waals surface area contributed by atoms with E-state index < -0.39 is 18.5 Å². The molecule has 0 radical (unpaired) electrons. The van der Waals surface area contributed by atoms with Crippen LogP contribution in [0.4, 0.5) is 5.69 Å². The van der Waals surface area contributed by atoms with Gasteiger partial charge in [-0.3, -0.25) is 9.59 Å². The van der Waals surface area contributed by atoms with E-state index in [1.807, 2.05) is 0 Å². The van der Waals surface area contributed by atoms with Gasteiger partial charge in [-0.05, 0) is 25.1 Å². The fourth-order valence-corrected chi connectivity index (χ4v) is 1.96. The molecule has 8 heteroatoms. The topological polar surface area (TPSA) is 111 Å². The van der Waals surface area contributed by atoms with Crippen molar-refractivity contribution in [3.63, 3.8) is 0 Å². The summed E-state index contributed by atoms with van der Waals surface area (Å²) < 4.78 is 5.41. The Kier molecular flexibility index (Phi) is 6.05. The number of carbonyl (C=O) groups is 3. The molecule has 2 amide bonds. The number of hydrogen-bond acceptors (Lipinski definition) is 5. The Morgan fingerprint density at radius 1 is 1.12 bits per heavy atom. The second-order valence-corrected chi connectivity index (χ2v) is 5.01. The van der Waals surface area contributed by atoms with E-state index in [0.29, 0.717) is 22.5 Å². The summed E-state index contributed by atoms with van der Waals surface area (Å²) in [6.45, 7) is 1.81. The monoisotopic (exact) mass is 343 g/mol. The standard InChI is InChI=1S/C17H17N3O5/c1-2-18-16(22)13-4-3-5-14(10-13)19-15(21)11-25-17(23)12-6-8-20(24)9-7-12/h3-10H,2,11H2,1H3,(H,18,22)(H,19,21). The van der Waals surface area contributed by atoms with Gasteiger partial charge in [0.1, 0.15) is 0 Å². The van der Waals surface area contributed by atoms with Gasteiger partial charge in [-0.15, -0.1) is 0 Å². The van der Waals surface area contributed by atoms with Crippen molar-refractivity contribution in [2.24, 2.45) is 0 Å². The molecule has 0 bridgehead atoms. The highest BCUT2D eigenvalue weighted by atomic mass is 16.5. The zero-order valence-corrected chi connectivity index (χ0v) is 13.5. The molecule has 0 saturated heterocycles. The third kappa shape index (κ3) is 5.31. The molecule has 0 aliphatic carbocycles. The van der Waals surface area contributed by atoms with Crippen LogP contribution in [0, 0.1) is 5.21 Å². The zero-order chi connectivity index (χ0) is 18.2. The van der Waals surface area contributed by atoms with Gasteiger partial charge in [-0.2, -0.15) is 4.73 Å². The molecule has 0 fully saturated rings. The third-order valence-electron chi connectivity index (χ3n) is 3.12. The molecule has 0 unspecified atom stereocenters. The number of rotatable bonds is 6.